The Balaban J connectivity index is 2.22. The van der Waals surface area contributed by atoms with Crippen LogP contribution in [0.2, 0.25) is 10.0 Å². The molecule has 1 unspecified atom stereocenters. The molecule has 1 atom stereocenters. The van der Waals surface area contributed by atoms with Crippen molar-refractivity contribution in [1.29, 1.82) is 0 Å². The van der Waals surface area contributed by atoms with Crippen molar-refractivity contribution < 1.29 is 19.1 Å². The predicted octanol–water partition coefficient (Wildman–Crippen LogP) is 4.32. The van der Waals surface area contributed by atoms with Gasteiger partial charge in [-0.05, 0) is 50.6 Å². The lowest BCUT2D eigenvalue weighted by molar-refractivity contribution is -0.142. The molecule has 0 spiro atoms. The summed E-state index contributed by atoms with van der Waals surface area (Å²) in [6, 6.07) is 11.3. The van der Waals surface area contributed by atoms with Gasteiger partial charge in [0.1, 0.15) is 6.04 Å². The lowest BCUT2D eigenvalue weighted by atomic mass is 10.1. The van der Waals surface area contributed by atoms with Gasteiger partial charge < -0.3 is 19.7 Å². The van der Waals surface area contributed by atoms with Gasteiger partial charge in [-0.15, -0.1) is 0 Å². The normalized spacial score (nSPS) is 11.7. The zero-order valence-corrected chi connectivity index (χ0v) is 19.0. The topological polar surface area (TPSA) is 67.9 Å². The van der Waals surface area contributed by atoms with Crippen LogP contribution in [0.3, 0.4) is 0 Å². The fourth-order valence-corrected chi connectivity index (χ4v) is 3.25. The van der Waals surface area contributed by atoms with Crippen LogP contribution in [0, 0.1) is 0 Å². The fraction of sp³-hybridized carbons (Fsp3) is 0.364. The van der Waals surface area contributed by atoms with E-state index in [0.29, 0.717) is 27.1 Å². The number of para-hydroxylation sites is 2. The average Bonchev–Trinajstić information content (AvgIpc) is 2.70. The molecule has 0 aliphatic rings. The van der Waals surface area contributed by atoms with Crippen LogP contribution in [0.1, 0.15) is 26.3 Å². The summed E-state index contributed by atoms with van der Waals surface area (Å²) in [4.78, 5) is 27.1. The third-order valence-electron chi connectivity index (χ3n) is 4.37. The fourth-order valence-electron chi connectivity index (χ4n) is 2.78. The zero-order valence-electron chi connectivity index (χ0n) is 17.4. The molecule has 0 heterocycles. The van der Waals surface area contributed by atoms with E-state index >= 15 is 0 Å². The van der Waals surface area contributed by atoms with Gasteiger partial charge >= 0.3 is 0 Å². The predicted molar refractivity (Wildman–Crippen MR) is 118 cm³/mol. The van der Waals surface area contributed by atoms with Crippen LogP contribution in [0.25, 0.3) is 0 Å². The van der Waals surface area contributed by atoms with Crippen LogP contribution < -0.4 is 14.8 Å². The SMILES string of the molecule is COc1ccccc1OCC(=O)N(Cc1ccc(Cl)cc1Cl)C(C)C(=O)NC(C)C. The highest BCUT2D eigenvalue weighted by Gasteiger charge is 2.27. The van der Waals surface area contributed by atoms with E-state index in [1.165, 1.54) is 12.0 Å². The molecule has 2 rings (SSSR count). The lowest BCUT2D eigenvalue weighted by Crippen LogP contribution is -2.50. The monoisotopic (exact) mass is 452 g/mol. The highest BCUT2D eigenvalue weighted by Crippen LogP contribution is 2.26. The van der Waals surface area contributed by atoms with E-state index in [-0.39, 0.29) is 31.0 Å². The van der Waals surface area contributed by atoms with Crippen molar-refractivity contribution in [1.82, 2.24) is 10.2 Å². The van der Waals surface area contributed by atoms with Crippen molar-refractivity contribution in [3.63, 3.8) is 0 Å². The van der Waals surface area contributed by atoms with Crippen LogP contribution in [0.5, 0.6) is 11.5 Å². The Labute approximate surface area is 187 Å². The molecule has 2 aromatic carbocycles. The van der Waals surface area contributed by atoms with Gasteiger partial charge in [0.2, 0.25) is 5.91 Å². The third kappa shape index (κ3) is 6.54. The third-order valence-corrected chi connectivity index (χ3v) is 4.96. The first-order valence-electron chi connectivity index (χ1n) is 9.52. The summed E-state index contributed by atoms with van der Waals surface area (Å²) in [7, 11) is 1.52. The van der Waals surface area contributed by atoms with Gasteiger partial charge in [0.15, 0.2) is 18.1 Å². The Bertz CT molecular complexity index is 889. The quantitative estimate of drug-likeness (QED) is 0.614. The van der Waals surface area contributed by atoms with Gasteiger partial charge in [-0.1, -0.05) is 41.4 Å². The number of carbonyl (C=O) groups excluding carboxylic acids is 2. The standard InChI is InChI=1S/C22H26Cl2N2O4/c1-14(2)25-22(28)15(3)26(12-16-9-10-17(23)11-18(16)24)21(27)13-30-20-8-6-5-7-19(20)29-4/h5-11,14-15H,12-13H2,1-4H3,(H,25,28). The van der Waals surface area contributed by atoms with E-state index in [4.69, 9.17) is 32.7 Å². The molecule has 0 fully saturated rings. The summed E-state index contributed by atoms with van der Waals surface area (Å²) in [5.41, 5.74) is 0.677. The maximum absolute atomic E-state index is 13.0. The van der Waals surface area contributed by atoms with Gasteiger partial charge in [0, 0.05) is 22.6 Å². The van der Waals surface area contributed by atoms with Gasteiger partial charge in [0.25, 0.3) is 5.91 Å². The number of carbonyl (C=O) groups is 2. The summed E-state index contributed by atoms with van der Waals surface area (Å²) >= 11 is 12.3. The summed E-state index contributed by atoms with van der Waals surface area (Å²) in [6.45, 7) is 5.26. The van der Waals surface area contributed by atoms with Crippen molar-refractivity contribution in [2.75, 3.05) is 13.7 Å². The molecule has 0 bridgehead atoms. The lowest BCUT2D eigenvalue weighted by Gasteiger charge is -2.29. The molecule has 0 saturated heterocycles. The van der Waals surface area contributed by atoms with Gasteiger partial charge in [-0.25, -0.2) is 0 Å². The first-order chi connectivity index (χ1) is 14.2. The minimum absolute atomic E-state index is 0.0548. The van der Waals surface area contributed by atoms with E-state index in [1.54, 1.807) is 49.4 Å². The molecule has 0 aromatic heterocycles. The number of amides is 2. The Morgan fingerprint density at radius 1 is 1.07 bits per heavy atom. The number of methoxy groups -OCH3 is 1. The maximum Gasteiger partial charge on any atom is 0.261 e. The minimum Gasteiger partial charge on any atom is -0.493 e. The molecule has 6 nitrogen and oxygen atoms in total. The second-order valence-corrected chi connectivity index (χ2v) is 7.88. The molecule has 2 amide bonds. The van der Waals surface area contributed by atoms with Crippen molar-refractivity contribution in [2.24, 2.45) is 0 Å². The molecule has 0 radical (unpaired) electrons. The summed E-state index contributed by atoms with van der Waals surface area (Å²) < 4.78 is 10.9. The first-order valence-corrected chi connectivity index (χ1v) is 10.3. The van der Waals surface area contributed by atoms with Crippen LogP contribution in [0.15, 0.2) is 42.5 Å². The Morgan fingerprint density at radius 3 is 2.33 bits per heavy atom. The Morgan fingerprint density at radius 2 is 1.73 bits per heavy atom. The van der Waals surface area contributed by atoms with E-state index in [2.05, 4.69) is 5.32 Å². The van der Waals surface area contributed by atoms with Crippen molar-refractivity contribution in [3.8, 4) is 11.5 Å². The molecule has 8 heteroatoms. The van der Waals surface area contributed by atoms with Crippen molar-refractivity contribution in [3.05, 3.63) is 58.1 Å². The summed E-state index contributed by atoms with van der Waals surface area (Å²) in [5.74, 6) is 0.333. The van der Waals surface area contributed by atoms with E-state index < -0.39 is 6.04 Å². The highest BCUT2D eigenvalue weighted by molar-refractivity contribution is 6.35. The summed E-state index contributed by atoms with van der Waals surface area (Å²) in [6.07, 6.45) is 0. The maximum atomic E-state index is 13.0. The first kappa shape index (κ1) is 23.8. The molecule has 0 saturated carbocycles. The molecule has 30 heavy (non-hydrogen) atoms. The number of nitrogens with one attached hydrogen (secondary N) is 1. The number of rotatable bonds is 9. The average molecular weight is 453 g/mol. The molecule has 0 aliphatic heterocycles. The van der Waals surface area contributed by atoms with Crippen LogP contribution >= 0.6 is 23.2 Å². The highest BCUT2D eigenvalue weighted by atomic mass is 35.5. The van der Waals surface area contributed by atoms with Gasteiger partial charge in [-0.3, -0.25) is 9.59 Å². The molecular weight excluding hydrogens is 427 g/mol. The van der Waals surface area contributed by atoms with Gasteiger partial charge in [0.05, 0.1) is 7.11 Å². The summed E-state index contributed by atoms with van der Waals surface area (Å²) in [5, 5.41) is 3.74. The van der Waals surface area contributed by atoms with Crippen molar-refractivity contribution in [2.45, 2.75) is 39.4 Å². The number of hydrogen-bond donors (Lipinski definition) is 1. The minimum atomic E-state index is -0.729. The Kier molecular flexibility index (Phi) is 8.81. The molecule has 2 aromatic rings. The second-order valence-electron chi connectivity index (χ2n) is 7.04. The van der Waals surface area contributed by atoms with Crippen LogP contribution in [-0.2, 0) is 16.1 Å². The molecule has 1 N–H and O–H groups in total. The van der Waals surface area contributed by atoms with E-state index in [9.17, 15) is 9.59 Å². The number of benzene rings is 2. The Hall–Kier alpha value is -2.44. The molecule has 0 aliphatic carbocycles. The number of nitrogens with zero attached hydrogens (tertiary/aromatic N) is 1. The molecular formula is C22H26Cl2N2O4. The van der Waals surface area contributed by atoms with Crippen molar-refractivity contribution >= 4 is 35.0 Å². The number of hydrogen-bond acceptors (Lipinski definition) is 4. The number of halogens is 2. The second kappa shape index (κ2) is 11.1. The van der Waals surface area contributed by atoms with Gasteiger partial charge in [-0.2, -0.15) is 0 Å². The largest absolute Gasteiger partial charge is 0.493 e. The smallest absolute Gasteiger partial charge is 0.261 e. The van der Waals surface area contributed by atoms with Crippen LogP contribution in [-0.4, -0.2) is 42.5 Å². The van der Waals surface area contributed by atoms with Crippen LogP contribution in [0.4, 0.5) is 0 Å². The molecule has 162 valence electrons. The zero-order chi connectivity index (χ0) is 22.3. The van der Waals surface area contributed by atoms with E-state index in [1.807, 2.05) is 13.8 Å². The van der Waals surface area contributed by atoms with E-state index in [0.717, 1.165) is 0 Å². The number of ether oxygens (including phenoxy) is 2.